The van der Waals surface area contributed by atoms with Crippen molar-refractivity contribution in [1.82, 2.24) is 9.13 Å². The summed E-state index contributed by atoms with van der Waals surface area (Å²) in [5.41, 5.74) is 2.24. The number of benzene rings is 3. The van der Waals surface area contributed by atoms with E-state index in [0.717, 1.165) is 0 Å². The predicted octanol–water partition coefficient (Wildman–Crippen LogP) is 7.22. The molecule has 2 N–H and O–H groups in total. The Morgan fingerprint density at radius 2 is 0.929 bits per heavy atom. The zero-order valence-corrected chi connectivity index (χ0v) is 24.4. The highest BCUT2D eigenvalue weighted by atomic mass is 35.5. The molecule has 0 amide bonds. The lowest BCUT2D eigenvalue weighted by molar-refractivity contribution is -0.138. The molecule has 5 aromatic rings. The second kappa shape index (κ2) is 12.5. The molecular weight excluding hydrogens is 579 g/mol. The van der Waals surface area contributed by atoms with E-state index in [-0.39, 0.29) is 23.7 Å². The molecule has 0 bridgehead atoms. The van der Waals surface area contributed by atoms with Crippen LogP contribution in [0.15, 0.2) is 58.1 Å². The highest BCUT2D eigenvalue weighted by Gasteiger charge is 2.17. The number of unbranched alkanes of at least 4 members (excludes halogenated alkanes) is 4. The SMILES string of the molecule is O=C(O)CCCCCn1c2ccc(Cl)cc2c(=O)c2cc3c(cc21)c(=O)c1cc(Cl)ccc1n3CCCCCC(=O)O. The van der Waals surface area contributed by atoms with Crippen LogP contribution in [-0.2, 0) is 22.7 Å². The first-order valence-electron chi connectivity index (χ1n) is 14.0. The third-order valence-corrected chi connectivity index (χ3v) is 8.19. The standard InChI is InChI=1S/C32H30Cl2N2O6/c33-19-9-11-25-21(15-19)31(41)23-18-28-24(17-27(23)35(25)13-5-1-3-7-29(37)38)32(42)22-16-20(34)10-12-26(22)36(28)14-6-2-4-8-30(39)40/h9-12,15-18H,1-8,13-14H2,(H,37,38)(H,39,40). The van der Waals surface area contributed by atoms with Crippen molar-refractivity contribution in [2.24, 2.45) is 0 Å². The van der Waals surface area contributed by atoms with Crippen molar-refractivity contribution < 1.29 is 19.8 Å². The number of carboxylic acid groups (broad SMARTS) is 2. The van der Waals surface area contributed by atoms with Crippen LogP contribution in [0, 0.1) is 0 Å². The third kappa shape index (κ3) is 6.01. The molecule has 0 saturated heterocycles. The van der Waals surface area contributed by atoms with Gasteiger partial charge in [-0.3, -0.25) is 19.2 Å². The van der Waals surface area contributed by atoms with Gasteiger partial charge in [0.2, 0.25) is 0 Å². The Morgan fingerprint density at radius 1 is 0.548 bits per heavy atom. The van der Waals surface area contributed by atoms with Gasteiger partial charge in [-0.25, -0.2) is 0 Å². The van der Waals surface area contributed by atoms with E-state index >= 15 is 0 Å². The molecule has 0 aliphatic carbocycles. The fraction of sp³-hybridized carbons (Fsp3) is 0.312. The fourth-order valence-corrected chi connectivity index (χ4v) is 6.06. The molecule has 0 unspecified atom stereocenters. The topological polar surface area (TPSA) is 119 Å². The van der Waals surface area contributed by atoms with Crippen LogP contribution in [0.3, 0.4) is 0 Å². The number of carbonyl (C=O) groups is 2. The summed E-state index contributed by atoms with van der Waals surface area (Å²) in [7, 11) is 0. The minimum atomic E-state index is -0.833. The van der Waals surface area contributed by atoms with E-state index in [1.807, 2.05) is 9.13 Å². The molecule has 0 spiro atoms. The lowest BCUT2D eigenvalue weighted by Crippen LogP contribution is -2.16. The number of hydrogen-bond donors (Lipinski definition) is 2. The van der Waals surface area contributed by atoms with E-state index in [0.29, 0.717) is 105 Å². The van der Waals surface area contributed by atoms with Crippen molar-refractivity contribution in [3.05, 3.63) is 79.0 Å². The normalized spacial score (nSPS) is 11.7. The van der Waals surface area contributed by atoms with Crippen LogP contribution < -0.4 is 10.9 Å². The first-order chi connectivity index (χ1) is 20.2. The van der Waals surface area contributed by atoms with Crippen molar-refractivity contribution in [3.63, 3.8) is 0 Å². The fourth-order valence-electron chi connectivity index (χ4n) is 5.72. The molecule has 2 aromatic heterocycles. The molecule has 218 valence electrons. The van der Waals surface area contributed by atoms with E-state index < -0.39 is 11.9 Å². The molecule has 0 atom stereocenters. The molecule has 0 saturated carbocycles. The first kappa shape index (κ1) is 29.6. The van der Waals surface area contributed by atoms with Crippen molar-refractivity contribution in [2.75, 3.05) is 0 Å². The number of aliphatic carboxylic acids is 2. The van der Waals surface area contributed by atoms with E-state index in [2.05, 4.69) is 0 Å². The number of nitrogens with zero attached hydrogens (tertiary/aromatic N) is 2. The minimum absolute atomic E-state index is 0.0946. The van der Waals surface area contributed by atoms with Crippen molar-refractivity contribution >= 4 is 78.8 Å². The number of carboxylic acids is 2. The van der Waals surface area contributed by atoms with Gasteiger partial charge in [-0.05, 0) is 74.2 Å². The Morgan fingerprint density at radius 3 is 1.31 bits per heavy atom. The Balaban J connectivity index is 1.72. The van der Waals surface area contributed by atoms with Crippen molar-refractivity contribution in [2.45, 2.75) is 64.5 Å². The average molecular weight is 610 g/mol. The molecule has 0 fully saturated rings. The smallest absolute Gasteiger partial charge is 0.303 e. The van der Waals surface area contributed by atoms with Crippen LogP contribution in [0.5, 0.6) is 0 Å². The number of hydrogen-bond acceptors (Lipinski definition) is 4. The van der Waals surface area contributed by atoms with E-state index in [1.54, 1.807) is 48.5 Å². The van der Waals surface area contributed by atoms with Gasteiger partial charge in [0, 0.05) is 57.5 Å². The Kier molecular flexibility index (Phi) is 8.85. The summed E-state index contributed by atoms with van der Waals surface area (Å²) in [6.07, 6.45) is 4.05. The summed E-state index contributed by atoms with van der Waals surface area (Å²) in [6, 6.07) is 13.9. The lowest BCUT2D eigenvalue weighted by atomic mass is 10.0. The number of pyridine rings is 2. The molecule has 2 heterocycles. The van der Waals surface area contributed by atoms with Crippen molar-refractivity contribution in [1.29, 1.82) is 0 Å². The second-order valence-corrected chi connectivity index (χ2v) is 11.5. The molecule has 5 rings (SSSR count). The molecule has 3 aromatic carbocycles. The quantitative estimate of drug-likeness (QED) is 0.114. The maximum atomic E-state index is 13.9. The van der Waals surface area contributed by atoms with Gasteiger partial charge >= 0.3 is 11.9 Å². The molecule has 0 aliphatic heterocycles. The highest BCUT2D eigenvalue weighted by molar-refractivity contribution is 6.31. The van der Waals surface area contributed by atoms with Crippen LogP contribution >= 0.6 is 23.2 Å². The summed E-state index contributed by atoms with van der Waals surface area (Å²) in [6.45, 7) is 1.05. The van der Waals surface area contributed by atoms with Gasteiger partial charge < -0.3 is 19.3 Å². The van der Waals surface area contributed by atoms with E-state index in [4.69, 9.17) is 33.4 Å². The summed E-state index contributed by atoms with van der Waals surface area (Å²) in [5, 5.41) is 20.7. The van der Waals surface area contributed by atoms with Crippen molar-refractivity contribution in [3.8, 4) is 0 Å². The summed E-state index contributed by atoms with van der Waals surface area (Å²) < 4.78 is 4.03. The number of rotatable bonds is 12. The van der Waals surface area contributed by atoms with E-state index in [9.17, 15) is 19.2 Å². The summed E-state index contributed by atoms with van der Waals surface area (Å²) >= 11 is 12.6. The average Bonchev–Trinajstić information content (AvgIpc) is 2.95. The van der Waals surface area contributed by atoms with Crippen LogP contribution in [0.1, 0.15) is 51.4 Å². The largest absolute Gasteiger partial charge is 0.481 e. The van der Waals surface area contributed by atoms with Gasteiger partial charge in [-0.2, -0.15) is 0 Å². The second-order valence-electron chi connectivity index (χ2n) is 10.6. The molecule has 0 radical (unpaired) electrons. The zero-order chi connectivity index (χ0) is 30.0. The minimum Gasteiger partial charge on any atom is -0.481 e. The van der Waals surface area contributed by atoms with Crippen LogP contribution in [0.2, 0.25) is 10.0 Å². The molecule has 8 nitrogen and oxygen atoms in total. The van der Waals surface area contributed by atoms with Gasteiger partial charge in [-0.15, -0.1) is 0 Å². The zero-order valence-electron chi connectivity index (χ0n) is 22.9. The maximum Gasteiger partial charge on any atom is 0.303 e. The predicted molar refractivity (Wildman–Crippen MR) is 167 cm³/mol. The van der Waals surface area contributed by atoms with Crippen LogP contribution in [-0.4, -0.2) is 31.3 Å². The molecule has 42 heavy (non-hydrogen) atoms. The Bertz CT molecular complexity index is 1840. The Labute approximate surface area is 250 Å². The number of halogens is 2. The third-order valence-electron chi connectivity index (χ3n) is 7.72. The van der Waals surface area contributed by atoms with Gasteiger partial charge in [-0.1, -0.05) is 36.0 Å². The highest BCUT2D eigenvalue weighted by Crippen LogP contribution is 2.29. The van der Waals surface area contributed by atoms with Gasteiger partial charge in [0.05, 0.1) is 22.1 Å². The van der Waals surface area contributed by atoms with Crippen LogP contribution in [0.4, 0.5) is 0 Å². The number of fused-ring (bicyclic) bond motifs is 4. The maximum absolute atomic E-state index is 13.9. The van der Waals surface area contributed by atoms with Gasteiger partial charge in [0.25, 0.3) is 0 Å². The molecule has 10 heteroatoms. The van der Waals surface area contributed by atoms with Crippen LogP contribution in [0.25, 0.3) is 43.6 Å². The monoisotopic (exact) mass is 608 g/mol. The molecule has 0 aliphatic rings. The molecular formula is C32H30Cl2N2O6. The number of aryl methyl sites for hydroxylation is 2. The summed E-state index contributed by atoms with van der Waals surface area (Å²) in [4.78, 5) is 49.6. The first-order valence-corrected chi connectivity index (χ1v) is 14.8. The van der Waals surface area contributed by atoms with E-state index in [1.165, 1.54) is 0 Å². The van der Waals surface area contributed by atoms with Gasteiger partial charge in [0.15, 0.2) is 10.9 Å². The lowest BCUT2D eigenvalue weighted by Gasteiger charge is -2.19. The van der Waals surface area contributed by atoms with Gasteiger partial charge in [0.1, 0.15) is 0 Å². The summed E-state index contributed by atoms with van der Waals surface area (Å²) in [5.74, 6) is -1.67. The Hall–Kier alpha value is -3.88. The number of aromatic nitrogens is 2.